The predicted octanol–water partition coefficient (Wildman–Crippen LogP) is 1.89. The Balaban J connectivity index is 2.09. The van der Waals surface area contributed by atoms with Crippen molar-refractivity contribution in [2.24, 2.45) is 5.14 Å². The number of halogens is 1. The maximum Gasteiger partial charge on any atom is 0.238 e. The second-order valence-corrected chi connectivity index (χ2v) is 8.33. The van der Waals surface area contributed by atoms with Gasteiger partial charge in [0.05, 0.1) is 23.6 Å². The summed E-state index contributed by atoms with van der Waals surface area (Å²) in [6.45, 7) is 1.86. The van der Waals surface area contributed by atoms with E-state index in [-0.39, 0.29) is 36.2 Å². The van der Waals surface area contributed by atoms with Crippen LogP contribution in [0, 0.1) is 12.7 Å². The number of hydrogen-bond acceptors (Lipinski definition) is 4. The zero-order valence-electron chi connectivity index (χ0n) is 16.3. The van der Waals surface area contributed by atoms with Crippen LogP contribution in [0.1, 0.15) is 11.3 Å². The predicted molar refractivity (Wildman–Crippen MR) is 111 cm³/mol. The molecule has 0 spiro atoms. The average Bonchev–Trinajstić information content (AvgIpc) is 3.02. The second-order valence-electron chi connectivity index (χ2n) is 6.77. The first-order valence-corrected chi connectivity index (χ1v) is 10.7. The first-order chi connectivity index (χ1) is 14.2. The molecular formula is C21H22FN3O4S. The molecule has 0 atom stereocenters. The second kappa shape index (κ2) is 8.78. The highest BCUT2D eigenvalue weighted by Crippen LogP contribution is 2.30. The molecule has 0 fully saturated rings. The molecule has 1 aromatic heterocycles. The summed E-state index contributed by atoms with van der Waals surface area (Å²) >= 11 is 0. The summed E-state index contributed by atoms with van der Waals surface area (Å²) in [4.78, 5) is 12.1. The zero-order valence-corrected chi connectivity index (χ0v) is 17.1. The van der Waals surface area contributed by atoms with E-state index in [2.05, 4.69) is 5.32 Å². The van der Waals surface area contributed by atoms with Gasteiger partial charge in [-0.25, -0.2) is 17.9 Å². The highest BCUT2D eigenvalue weighted by Gasteiger charge is 2.18. The molecule has 3 aromatic rings. The highest BCUT2D eigenvalue weighted by atomic mass is 32.2. The van der Waals surface area contributed by atoms with Crippen molar-refractivity contribution in [3.05, 3.63) is 71.7 Å². The zero-order chi connectivity index (χ0) is 21.9. The molecule has 158 valence electrons. The minimum absolute atomic E-state index is 0.00790. The number of hydrogen-bond donors (Lipinski definition) is 3. The van der Waals surface area contributed by atoms with Gasteiger partial charge in [-0.2, -0.15) is 0 Å². The van der Waals surface area contributed by atoms with Gasteiger partial charge in [-0.3, -0.25) is 4.79 Å². The smallest absolute Gasteiger partial charge is 0.238 e. The number of aliphatic hydroxyl groups excluding tert-OH is 1. The molecule has 7 nitrogen and oxygen atoms in total. The molecular weight excluding hydrogens is 409 g/mol. The molecule has 0 saturated carbocycles. The molecule has 1 amide bonds. The van der Waals surface area contributed by atoms with Crippen molar-refractivity contribution in [1.29, 1.82) is 0 Å². The van der Waals surface area contributed by atoms with Gasteiger partial charge in [0.25, 0.3) is 0 Å². The fourth-order valence-electron chi connectivity index (χ4n) is 3.22. The van der Waals surface area contributed by atoms with Crippen molar-refractivity contribution in [2.75, 3.05) is 13.2 Å². The van der Waals surface area contributed by atoms with Crippen LogP contribution in [0.3, 0.4) is 0 Å². The summed E-state index contributed by atoms with van der Waals surface area (Å²) in [5.41, 5.74) is 3.65. The van der Waals surface area contributed by atoms with Gasteiger partial charge in [-0.15, -0.1) is 0 Å². The number of carbonyl (C=O) groups is 1. The minimum atomic E-state index is -3.82. The Kier molecular flexibility index (Phi) is 6.35. The summed E-state index contributed by atoms with van der Waals surface area (Å²) in [5, 5.41) is 16.7. The lowest BCUT2D eigenvalue weighted by molar-refractivity contribution is -0.120. The molecule has 0 aliphatic rings. The summed E-state index contributed by atoms with van der Waals surface area (Å²) < 4.78 is 38.4. The highest BCUT2D eigenvalue weighted by molar-refractivity contribution is 7.89. The first-order valence-electron chi connectivity index (χ1n) is 9.18. The number of primary sulfonamides is 1. The molecule has 3 rings (SSSR count). The van der Waals surface area contributed by atoms with Gasteiger partial charge >= 0.3 is 0 Å². The standard InChI is InChI=1S/C21H22FN3O4S/c1-14-16(13-21(27)24-10-11-26)12-20(25(14)18-6-4-17(22)5-7-18)15-2-8-19(9-3-15)30(23,28)29/h2-9,12,26H,10-11,13H2,1H3,(H,24,27)(H2,23,28,29). The quantitative estimate of drug-likeness (QED) is 0.530. The Labute approximate surface area is 174 Å². The number of nitrogens with two attached hydrogens (primary N) is 1. The minimum Gasteiger partial charge on any atom is -0.395 e. The fraction of sp³-hybridized carbons (Fsp3) is 0.190. The number of carbonyl (C=O) groups excluding carboxylic acids is 1. The van der Waals surface area contributed by atoms with Crippen molar-refractivity contribution in [3.8, 4) is 16.9 Å². The largest absolute Gasteiger partial charge is 0.395 e. The lowest BCUT2D eigenvalue weighted by Gasteiger charge is -2.13. The van der Waals surface area contributed by atoms with Crippen LogP contribution in [0.25, 0.3) is 16.9 Å². The summed E-state index contributed by atoms with van der Waals surface area (Å²) in [6.07, 6.45) is 0.0995. The number of nitrogens with zero attached hydrogens (tertiary/aromatic N) is 1. The van der Waals surface area contributed by atoms with Crippen LogP contribution in [0.15, 0.2) is 59.5 Å². The Morgan fingerprint density at radius 2 is 1.77 bits per heavy atom. The van der Waals surface area contributed by atoms with Gasteiger partial charge in [0.2, 0.25) is 15.9 Å². The molecule has 9 heteroatoms. The Hall–Kier alpha value is -3.01. The van der Waals surface area contributed by atoms with Crippen molar-refractivity contribution >= 4 is 15.9 Å². The molecule has 4 N–H and O–H groups in total. The number of benzene rings is 2. The van der Waals surface area contributed by atoms with E-state index in [1.807, 2.05) is 17.6 Å². The third kappa shape index (κ3) is 4.76. The van der Waals surface area contributed by atoms with Crippen molar-refractivity contribution in [1.82, 2.24) is 9.88 Å². The number of sulfonamides is 1. The van der Waals surface area contributed by atoms with Crippen LogP contribution in [-0.2, 0) is 21.2 Å². The van der Waals surface area contributed by atoms with Crippen LogP contribution in [0.2, 0.25) is 0 Å². The normalized spacial score (nSPS) is 11.5. The third-order valence-corrected chi connectivity index (χ3v) is 5.63. The maximum atomic E-state index is 13.4. The molecule has 0 aliphatic carbocycles. The number of nitrogens with one attached hydrogen (secondary N) is 1. The fourth-order valence-corrected chi connectivity index (χ4v) is 3.73. The van der Waals surface area contributed by atoms with Crippen molar-refractivity contribution in [2.45, 2.75) is 18.2 Å². The lowest BCUT2D eigenvalue weighted by atomic mass is 10.1. The lowest BCUT2D eigenvalue weighted by Crippen LogP contribution is -2.27. The summed E-state index contributed by atoms with van der Waals surface area (Å²) in [7, 11) is -3.82. The van der Waals surface area contributed by atoms with E-state index in [0.29, 0.717) is 16.9 Å². The van der Waals surface area contributed by atoms with E-state index in [1.165, 1.54) is 24.3 Å². The van der Waals surface area contributed by atoms with Crippen LogP contribution in [-0.4, -0.2) is 37.2 Å². The van der Waals surface area contributed by atoms with Crippen LogP contribution in [0.5, 0.6) is 0 Å². The maximum absolute atomic E-state index is 13.4. The molecule has 30 heavy (non-hydrogen) atoms. The van der Waals surface area contributed by atoms with Gasteiger partial charge < -0.3 is 15.0 Å². The summed E-state index contributed by atoms with van der Waals surface area (Å²) in [5.74, 6) is -0.606. The molecule has 0 radical (unpaired) electrons. The van der Waals surface area contributed by atoms with E-state index in [0.717, 1.165) is 11.3 Å². The SMILES string of the molecule is Cc1c(CC(=O)NCCO)cc(-c2ccc(S(N)(=O)=O)cc2)n1-c1ccc(F)cc1. The summed E-state index contributed by atoms with van der Waals surface area (Å²) in [6, 6.07) is 13.9. The van der Waals surface area contributed by atoms with E-state index >= 15 is 0 Å². The van der Waals surface area contributed by atoms with Gasteiger partial charge in [0.1, 0.15) is 5.82 Å². The van der Waals surface area contributed by atoms with Gasteiger partial charge in [0.15, 0.2) is 0 Å². The molecule has 2 aromatic carbocycles. The number of aromatic nitrogens is 1. The molecule has 1 heterocycles. The van der Waals surface area contributed by atoms with Crippen molar-refractivity contribution < 1.29 is 22.7 Å². The van der Waals surface area contributed by atoms with Gasteiger partial charge in [0, 0.05) is 17.9 Å². The third-order valence-electron chi connectivity index (χ3n) is 4.70. The van der Waals surface area contributed by atoms with E-state index in [9.17, 15) is 17.6 Å². The van der Waals surface area contributed by atoms with Crippen LogP contribution < -0.4 is 10.5 Å². The van der Waals surface area contributed by atoms with E-state index in [4.69, 9.17) is 10.2 Å². The van der Waals surface area contributed by atoms with Crippen LogP contribution in [0.4, 0.5) is 4.39 Å². The van der Waals surface area contributed by atoms with Crippen molar-refractivity contribution in [3.63, 3.8) is 0 Å². The molecule has 0 unspecified atom stereocenters. The number of aliphatic hydroxyl groups is 1. The molecule has 0 aliphatic heterocycles. The first kappa shape index (κ1) is 21.7. The molecule has 0 bridgehead atoms. The van der Waals surface area contributed by atoms with E-state index < -0.39 is 10.0 Å². The topological polar surface area (TPSA) is 114 Å². The Bertz CT molecular complexity index is 1150. The number of rotatable bonds is 7. The molecule has 0 saturated heterocycles. The monoisotopic (exact) mass is 431 g/mol. The van der Waals surface area contributed by atoms with E-state index in [1.54, 1.807) is 24.3 Å². The Morgan fingerprint density at radius 1 is 1.13 bits per heavy atom. The van der Waals surface area contributed by atoms with Crippen LogP contribution >= 0.6 is 0 Å². The average molecular weight is 431 g/mol. The Morgan fingerprint density at radius 3 is 2.33 bits per heavy atom. The number of amides is 1. The van der Waals surface area contributed by atoms with Gasteiger partial charge in [-0.1, -0.05) is 12.1 Å². The van der Waals surface area contributed by atoms with Gasteiger partial charge in [-0.05, 0) is 60.5 Å².